The molecule has 0 radical (unpaired) electrons. The molecule has 25 heavy (non-hydrogen) atoms. The minimum absolute atomic E-state index is 0.0524. The number of nitrogens with one attached hydrogen (secondary N) is 1. The van der Waals surface area contributed by atoms with Gasteiger partial charge in [0.25, 0.3) is 0 Å². The van der Waals surface area contributed by atoms with Gasteiger partial charge >= 0.3 is 0 Å². The van der Waals surface area contributed by atoms with Crippen molar-refractivity contribution in [2.45, 2.75) is 12.8 Å². The molecule has 1 aromatic carbocycles. The van der Waals surface area contributed by atoms with Gasteiger partial charge in [0.05, 0.1) is 20.1 Å². The number of methoxy groups -OCH3 is 2. The number of piperidine rings is 1. The molecule has 1 aliphatic rings. The number of anilines is 2. The number of ether oxygens (including phenoxy) is 2. The normalized spacial score (nSPS) is 17.0. The molecule has 1 aliphatic heterocycles. The van der Waals surface area contributed by atoms with Gasteiger partial charge in [-0.1, -0.05) is 6.07 Å². The number of carbonyl (C=O) groups is 1. The summed E-state index contributed by atoms with van der Waals surface area (Å²) in [5.74, 6) is 1.61. The fourth-order valence-electron chi connectivity index (χ4n) is 3.03. The van der Waals surface area contributed by atoms with Gasteiger partial charge in [-0.2, -0.15) is 0 Å². The fourth-order valence-corrected chi connectivity index (χ4v) is 3.03. The van der Waals surface area contributed by atoms with Crippen LogP contribution in [0.1, 0.15) is 12.8 Å². The number of benzene rings is 1. The maximum atomic E-state index is 12.8. The summed E-state index contributed by atoms with van der Waals surface area (Å²) in [4.78, 5) is 23.4. The zero-order valence-electron chi connectivity index (χ0n) is 14.4. The molecule has 0 bridgehead atoms. The molecule has 3 rings (SSSR count). The Hall–Kier alpha value is -2.83. The average Bonchev–Trinajstić information content (AvgIpc) is 2.69. The highest BCUT2D eigenvalue weighted by Gasteiger charge is 2.28. The van der Waals surface area contributed by atoms with E-state index in [0.717, 1.165) is 19.4 Å². The van der Waals surface area contributed by atoms with Crippen molar-refractivity contribution < 1.29 is 14.3 Å². The zero-order valence-corrected chi connectivity index (χ0v) is 14.4. The summed E-state index contributed by atoms with van der Waals surface area (Å²) in [6.45, 7) is 1.44. The van der Waals surface area contributed by atoms with Crippen molar-refractivity contribution in [3.63, 3.8) is 0 Å². The molecular weight excluding hydrogens is 320 g/mol. The predicted octanol–water partition coefficient (Wildman–Crippen LogP) is 2.35. The molecule has 132 valence electrons. The summed E-state index contributed by atoms with van der Waals surface area (Å²) < 4.78 is 10.7. The lowest BCUT2D eigenvalue weighted by atomic mass is 9.97. The predicted molar refractivity (Wildman–Crippen MR) is 95.1 cm³/mol. The number of rotatable bonds is 5. The Balaban J connectivity index is 1.73. The third-order valence-corrected chi connectivity index (χ3v) is 4.30. The number of nitrogens with zero attached hydrogens (tertiary/aromatic N) is 3. The van der Waals surface area contributed by atoms with Crippen LogP contribution in [0.25, 0.3) is 0 Å². The minimum atomic E-state index is -0.146. The number of amides is 1. The lowest BCUT2D eigenvalue weighted by Crippen LogP contribution is -2.41. The Morgan fingerprint density at radius 2 is 1.84 bits per heavy atom. The number of carbonyl (C=O) groups excluding carboxylic acids is 1. The van der Waals surface area contributed by atoms with Crippen LogP contribution in [0.15, 0.2) is 36.7 Å². The largest absolute Gasteiger partial charge is 0.494 e. The molecule has 1 aromatic heterocycles. The summed E-state index contributed by atoms with van der Waals surface area (Å²) >= 11 is 0. The first kappa shape index (κ1) is 17.0. The van der Waals surface area contributed by atoms with Crippen molar-refractivity contribution in [2.24, 2.45) is 5.92 Å². The van der Waals surface area contributed by atoms with Crippen molar-refractivity contribution in [1.82, 2.24) is 9.97 Å². The number of aromatic nitrogens is 2. The van der Waals surface area contributed by atoms with Gasteiger partial charge < -0.3 is 19.7 Å². The van der Waals surface area contributed by atoms with Crippen molar-refractivity contribution >= 4 is 17.5 Å². The van der Waals surface area contributed by atoms with Crippen molar-refractivity contribution in [3.05, 3.63) is 36.7 Å². The van der Waals surface area contributed by atoms with Gasteiger partial charge in [-0.25, -0.2) is 9.97 Å². The molecule has 2 aromatic rings. The first-order valence-electron chi connectivity index (χ1n) is 8.26. The van der Waals surface area contributed by atoms with E-state index >= 15 is 0 Å². The van der Waals surface area contributed by atoms with E-state index in [1.54, 1.807) is 44.8 Å². The standard InChI is InChI=1S/C18H22N4O3/c1-24-14-7-3-8-15(25-2)16(14)21-17(23)13-6-4-11-22(12-13)18-19-9-5-10-20-18/h3,5,7-10,13H,4,6,11-12H2,1-2H3,(H,21,23). The molecule has 1 saturated heterocycles. The molecule has 1 N–H and O–H groups in total. The van der Waals surface area contributed by atoms with Crippen LogP contribution in [0.4, 0.5) is 11.6 Å². The van der Waals surface area contributed by atoms with Gasteiger partial charge in [-0.05, 0) is 31.0 Å². The topological polar surface area (TPSA) is 76.6 Å². The van der Waals surface area contributed by atoms with Crippen LogP contribution in [0, 0.1) is 5.92 Å². The van der Waals surface area contributed by atoms with Crippen LogP contribution in [0.5, 0.6) is 11.5 Å². The minimum Gasteiger partial charge on any atom is -0.494 e. The average molecular weight is 342 g/mol. The Morgan fingerprint density at radius 3 is 2.48 bits per heavy atom. The molecule has 1 amide bonds. The third kappa shape index (κ3) is 3.81. The van der Waals surface area contributed by atoms with Crippen LogP contribution in [0.2, 0.25) is 0 Å². The van der Waals surface area contributed by atoms with Crippen molar-refractivity contribution in [2.75, 3.05) is 37.5 Å². The molecule has 1 fully saturated rings. The van der Waals surface area contributed by atoms with E-state index in [1.165, 1.54) is 0 Å². The second-order valence-corrected chi connectivity index (χ2v) is 5.86. The third-order valence-electron chi connectivity index (χ3n) is 4.30. The second-order valence-electron chi connectivity index (χ2n) is 5.86. The highest BCUT2D eigenvalue weighted by Crippen LogP contribution is 2.35. The van der Waals surface area contributed by atoms with Gasteiger partial charge in [-0.3, -0.25) is 4.79 Å². The van der Waals surface area contributed by atoms with Gasteiger partial charge in [0.15, 0.2) is 0 Å². The molecular formula is C18H22N4O3. The zero-order chi connectivity index (χ0) is 17.6. The molecule has 0 spiro atoms. The first-order valence-corrected chi connectivity index (χ1v) is 8.26. The SMILES string of the molecule is COc1cccc(OC)c1NC(=O)C1CCCN(c2ncccn2)C1. The van der Waals surface area contributed by atoms with E-state index in [4.69, 9.17) is 9.47 Å². The molecule has 7 heteroatoms. The molecule has 1 unspecified atom stereocenters. The van der Waals surface area contributed by atoms with Gasteiger partial charge in [0.1, 0.15) is 17.2 Å². The Bertz CT molecular complexity index is 701. The van der Waals surface area contributed by atoms with Crippen molar-refractivity contribution in [1.29, 1.82) is 0 Å². The van der Waals surface area contributed by atoms with Gasteiger partial charge in [0, 0.05) is 25.5 Å². The maximum Gasteiger partial charge on any atom is 0.229 e. The molecule has 2 heterocycles. The smallest absolute Gasteiger partial charge is 0.229 e. The number of hydrogen-bond donors (Lipinski definition) is 1. The highest BCUT2D eigenvalue weighted by molar-refractivity contribution is 5.96. The van der Waals surface area contributed by atoms with Crippen LogP contribution < -0.4 is 19.7 Å². The van der Waals surface area contributed by atoms with Gasteiger partial charge in [-0.15, -0.1) is 0 Å². The van der Waals surface area contributed by atoms with E-state index in [0.29, 0.717) is 29.7 Å². The number of hydrogen-bond acceptors (Lipinski definition) is 6. The summed E-state index contributed by atoms with van der Waals surface area (Å²) in [6, 6.07) is 7.19. The van der Waals surface area contributed by atoms with Crippen molar-refractivity contribution in [3.8, 4) is 11.5 Å². The van der Waals surface area contributed by atoms with Gasteiger partial charge in [0.2, 0.25) is 11.9 Å². The second kappa shape index (κ2) is 7.83. The van der Waals surface area contributed by atoms with E-state index in [2.05, 4.69) is 15.3 Å². The van der Waals surface area contributed by atoms with E-state index in [-0.39, 0.29) is 11.8 Å². The first-order chi connectivity index (χ1) is 12.2. The Kier molecular flexibility index (Phi) is 5.33. The Morgan fingerprint density at radius 1 is 1.16 bits per heavy atom. The summed E-state index contributed by atoms with van der Waals surface area (Å²) in [6.07, 6.45) is 5.17. The summed E-state index contributed by atoms with van der Waals surface area (Å²) in [7, 11) is 3.14. The summed E-state index contributed by atoms with van der Waals surface area (Å²) in [5.41, 5.74) is 0.561. The number of para-hydroxylation sites is 1. The molecule has 1 atom stereocenters. The maximum absolute atomic E-state index is 12.8. The lowest BCUT2D eigenvalue weighted by molar-refractivity contribution is -0.120. The molecule has 7 nitrogen and oxygen atoms in total. The monoisotopic (exact) mass is 342 g/mol. The summed E-state index contributed by atoms with van der Waals surface area (Å²) in [5, 5.41) is 2.97. The van der Waals surface area contributed by atoms with E-state index < -0.39 is 0 Å². The molecule has 0 saturated carbocycles. The van der Waals surface area contributed by atoms with E-state index in [1.807, 2.05) is 11.0 Å². The van der Waals surface area contributed by atoms with Crippen LogP contribution >= 0.6 is 0 Å². The molecule has 0 aliphatic carbocycles. The van der Waals surface area contributed by atoms with Crippen LogP contribution in [0.3, 0.4) is 0 Å². The Labute approximate surface area is 147 Å². The fraction of sp³-hybridized carbons (Fsp3) is 0.389. The van der Waals surface area contributed by atoms with E-state index in [9.17, 15) is 4.79 Å². The highest BCUT2D eigenvalue weighted by atomic mass is 16.5. The lowest BCUT2D eigenvalue weighted by Gasteiger charge is -2.32. The van der Waals surface area contributed by atoms with Crippen LogP contribution in [-0.4, -0.2) is 43.2 Å². The van der Waals surface area contributed by atoms with Crippen LogP contribution in [-0.2, 0) is 4.79 Å². The quantitative estimate of drug-likeness (QED) is 0.899.